The van der Waals surface area contributed by atoms with Crippen LogP contribution in [0.5, 0.6) is 0 Å². The molecule has 1 heterocycles. The van der Waals surface area contributed by atoms with Gasteiger partial charge >= 0.3 is 5.97 Å². The van der Waals surface area contributed by atoms with Crippen LogP contribution in [0.25, 0.3) is 0 Å². The van der Waals surface area contributed by atoms with Gasteiger partial charge in [-0.25, -0.2) is 4.79 Å². The Hall–Kier alpha value is -1.58. The number of hydrogen-bond donors (Lipinski definition) is 1. The van der Waals surface area contributed by atoms with E-state index in [1.165, 1.54) is 18.0 Å². The van der Waals surface area contributed by atoms with Crippen molar-refractivity contribution in [3.8, 4) is 0 Å². The number of aromatic nitrogens is 2. The second kappa shape index (κ2) is 3.89. The van der Waals surface area contributed by atoms with Gasteiger partial charge in [0.15, 0.2) is 0 Å². The largest absolute Gasteiger partial charge is 0.478 e. The molecule has 0 unspecified atom stereocenters. The molecule has 0 fully saturated rings. The van der Waals surface area contributed by atoms with Gasteiger partial charge in [-0.3, -0.25) is 4.68 Å². The van der Waals surface area contributed by atoms with Crippen LogP contribution in [-0.4, -0.2) is 20.9 Å². The van der Waals surface area contributed by atoms with Crippen LogP contribution in [-0.2, 0) is 6.54 Å². The first-order valence-electron chi connectivity index (χ1n) is 3.98. The summed E-state index contributed by atoms with van der Waals surface area (Å²) in [4.78, 5) is 10.5. The second-order valence-corrected chi connectivity index (χ2v) is 3.04. The van der Waals surface area contributed by atoms with E-state index in [1.54, 1.807) is 4.68 Å². The summed E-state index contributed by atoms with van der Waals surface area (Å²) < 4.78 is 1.59. The molecule has 0 aromatic carbocycles. The molecule has 1 rings (SSSR count). The standard InChI is InChI=1S/C9H12N2O2/c1-7(2)3-4-11-6-8(5-10-11)9(12)13/h3,5-6H,4H2,1-2H3,(H,12,13). The summed E-state index contributed by atoms with van der Waals surface area (Å²) in [5, 5.41) is 12.5. The highest BCUT2D eigenvalue weighted by molar-refractivity contribution is 5.86. The molecule has 13 heavy (non-hydrogen) atoms. The zero-order valence-electron chi connectivity index (χ0n) is 7.69. The maximum Gasteiger partial charge on any atom is 0.338 e. The molecule has 0 amide bonds. The molecule has 0 saturated heterocycles. The highest BCUT2D eigenvalue weighted by Gasteiger charge is 2.04. The normalized spacial score (nSPS) is 9.69. The third kappa shape index (κ3) is 2.74. The number of hydrogen-bond acceptors (Lipinski definition) is 2. The number of carboxylic acid groups (broad SMARTS) is 1. The van der Waals surface area contributed by atoms with Crippen molar-refractivity contribution in [1.82, 2.24) is 9.78 Å². The minimum atomic E-state index is -0.941. The van der Waals surface area contributed by atoms with Crippen molar-refractivity contribution in [3.05, 3.63) is 29.6 Å². The van der Waals surface area contributed by atoms with Crippen LogP contribution >= 0.6 is 0 Å². The van der Waals surface area contributed by atoms with Crippen molar-refractivity contribution in [2.24, 2.45) is 0 Å². The lowest BCUT2D eigenvalue weighted by Gasteiger charge is -1.94. The zero-order valence-corrected chi connectivity index (χ0v) is 7.69. The number of allylic oxidation sites excluding steroid dienone is 2. The minimum Gasteiger partial charge on any atom is -0.478 e. The molecule has 1 N–H and O–H groups in total. The van der Waals surface area contributed by atoms with Crippen molar-refractivity contribution in [3.63, 3.8) is 0 Å². The molecule has 0 atom stereocenters. The van der Waals surface area contributed by atoms with Crippen molar-refractivity contribution < 1.29 is 9.90 Å². The molecule has 4 nitrogen and oxygen atoms in total. The summed E-state index contributed by atoms with van der Waals surface area (Å²) in [7, 11) is 0. The summed E-state index contributed by atoms with van der Waals surface area (Å²) in [5.41, 5.74) is 1.41. The van der Waals surface area contributed by atoms with Crippen LogP contribution in [0.3, 0.4) is 0 Å². The van der Waals surface area contributed by atoms with Crippen molar-refractivity contribution in [1.29, 1.82) is 0 Å². The summed E-state index contributed by atoms with van der Waals surface area (Å²) in [6.45, 7) is 4.60. The SMILES string of the molecule is CC(C)=CCn1cc(C(=O)O)cn1. The predicted octanol–water partition coefficient (Wildman–Crippen LogP) is 1.55. The smallest absolute Gasteiger partial charge is 0.338 e. The summed E-state index contributed by atoms with van der Waals surface area (Å²) in [6, 6.07) is 0. The number of aromatic carboxylic acids is 1. The predicted molar refractivity (Wildman–Crippen MR) is 48.6 cm³/mol. The topological polar surface area (TPSA) is 55.1 Å². The lowest BCUT2D eigenvalue weighted by Crippen LogP contribution is -1.96. The van der Waals surface area contributed by atoms with Gasteiger partial charge in [0.2, 0.25) is 0 Å². The Balaban J connectivity index is 2.70. The number of carboxylic acids is 1. The zero-order chi connectivity index (χ0) is 9.84. The molecular weight excluding hydrogens is 168 g/mol. The molecule has 1 aromatic heterocycles. The molecule has 0 aliphatic heterocycles. The Kier molecular flexibility index (Phi) is 2.84. The average Bonchev–Trinajstić information content (AvgIpc) is 2.48. The third-order valence-corrected chi connectivity index (χ3v) is 1.57. The maximum absolute atomic E-state index is 10.5. The van der Waals surface area contributed by atoms with E-state index < -0.39 is 5.97 Å². The first-order chi connectivity index (χ1) is 6.09. The van der Waals surface area contributed by atoms with Gasteiger partial charge in [-0.2, -0.15) is 5.10 Å². The number of rotatable bonds is 3. The van der Waals surface area contributed by atoms with E-state index in [2.05, 4.69) is 5.10 Å². The lowest BCUT2D eigenvalue weighted by atomic mass is 10.3. The van der Waals surface area contributed by atoms with Gasteiger partial charge in [-0.05, 0) is 13.8 Å². The fourth-order valence-corrected chi connectivity index (χ4v) is 0.850. The van der Waals surface area contributed by atoms with Crippen molar-refractivity contribution in [2.75, 3.05) is 0 Å². The molecule has 0 spiro atoms. The van der Waals surface area contributed by atoms with Crippen LogP contribution in [0.15, 0.2) is 24.0 Å². The van der Waals surface area contributed by atoms with E-state index in [4.69, 9.17) is 5.11 Å². The van der Waals surface area contributed by atoms with Crippen LogP contribution in [0.4, 0.5) is 0 Å². The van der Waals surface area contributed by atoms with Gasteiger partial charge in [0, 0.05) is 6.20 Å². The summed E-state index contributed by atoms with van der Waals surface area (Å²) >= 11 is 0. The minimum absolute atomic E-state index is 0.224. The van der Waals surface area contributed by atoms with Crippen LogP contribution in [0, 0.1) is 0 Å². The molecule has 1 aromatic rings. The molecule has 0 aliphatic carbocycles. The van der Waals surface area contributed by atoms with Gasteiger partial charge in [0.1, 0.15) is 0 Å². The van der Waals surface area contributed by atoms with E-state index in [-0.39, 0.29) is 5.56 Å². The Morgan fingerprint density at radius 3 is 2.85 bits per heavy atom. The monoisotopic (exact) mass is 180 g/mol. The number of nitrogens with zero attached hydrogens (tertiary/aromatic N) is 2. The molecular formula is C9H12N2O2. The van der Waals surface area contributed by atoms with Crippen LogP contribution in [0.1, 0.15) is 24.2 Å². The fourth-order valence-electron chi connectivity index (χ4n) is 0.850. The van der Waals surface area contributed by atoms with Gasteiger partial charge in [0.25, 0.3) is 0 Å². The molecule has 0 aliphatic rings. The third-order valence-electron chi connectivity index (χ3n) is 1.57. The first kappa shape index (κ1) is 9.51. The maximum atomic E-state index is 10.5. The second-order valence-electron chi connectivity index (χ2n) is 3.04. The molecule has 0 bridgehead atoms. The van der Waals surface area contributed by atoms with Crippen LogP contribution < -0.4 is 0 Å². The lowest BCUT2D eigenvalue weighted by molar-refractivity contribution is 0.0697. The van der Waals surface area contributed by atoms with Gasteiger partial charge < -0.3 is 5.11 Å². The Morgan fingerprint density at radius 1 is 1.69 bits per heavy atom. The van der Waals surface area contributed by atoms with Gasteiger partial charge in [0.05, 0.1) is 18.3 Å². The van der Waals surface area contributed by atoms with Crippen molar-refractivity contribution >= 4 is 5.97 Å². The van der Waals surface area contributed by atoms with Gasteiger partial charge in [-0.15, -0.1) is 0 Å². The van der Waals surface area contributed by atoms with Crippen LogP contribution in [0.2, 0.25) is 0 Å². The molecule has 0 saturated carbocycles. The van der Waals surface area contributed by atoms with E-state index in [9.17, 15) is 4.79 Å². The van der Waals surface area contributed by atoms with Crippen molar-refractivity contribution in [2.45, 2.75) is 20.4 Å². The molecule has 70 valence electrons. The number of carbonyl (C=O) groups is 1. The average molecular weight is 180 g/mol. The fraction of sp³-hybridized carbons (Fsp3) is 0.333. The molecule has 0 radical (unpaired) electrons. The Labute approximate surface area is 76.5 Å². The summed E-state index contributed by atoms with van der Waals surface area (Å²) in [5.74, 6) is -0.941. The van der Waals surface area contributed by atoms with E-state index in [0.717, 1.165) is 0 Å². The van der Waals surface area contributed by atoms with E-state index >= 15 is 0 Å². The van der Waals surface area contributed by atoms with E-state index in [0.29, 0.717) is 6.54 Å². The quantitative estimate of drug-likeness (QED) is 0.718. The Morgan fingerprint density at radius 2 is 2.38 bits per heavy atom. The summed E-state index contributed by atoms with van der Waals surface area (Å²) in [6.07, 6.45) is 4.85. The highest BCUT2D eigenvalue weighted by Crippen LogP contribution is 1.98. The Bertz CT molecular complexity index is 335. The highest BCUT2D eigenvalue weighted by atomic mass is 16.4. The van der Waals surface area contributed by atoms with Gasteiger partial charge in [-0.1, -0.05) is 11.6 Å². The van der Waals surface area contributed by atoms with E-state index in [1.807, 2.05) is 19.9 Å². The first-order valence-corrected chi connectivity index (χ1v) is 3.98. The molecule has 4 heteroatoms.